The summed E-state index contributed by atoms with van der Waals surface area (Å²) < 4.78 is 68.7. The van der Waals surface area contributed by atoms with Gasteiger partial charge in [-0.3, -0.25) is 37.3 Å². The van der Waals surface area contributed by atoms with Gasteiger partial charge in [-0.1, -0.05) is 370 Å². The lowest BCUT2D eigenvalue weighted by atomic mass is 9.99. The van der Waals surface area contributed by atoms with Gasteiger partial charge in [0.1, 0.15) is 19.3 Å². The molecule has 0 aromatic rings. The van der Waals surface area contributed by atoms with E-state index >= 15 is 0 Å². The van der Waals surface area contributed by atoms with Gasteiger partial charge in [0.2, 0.25) is 0 Å². The lowest BCUT2D eigenvalue weighted by Crippen LogP contribution is -2.30. The monoisotopic (exact) mass is 1480 g/mol. The van der Waals surface area contributed by atoms with Crippen molar-refractivity contribution in [3.8, 4) is 0 Å². The normalized spacial score (nSPS) is 14.8. The first-order chi connectivity index (χ1) is 48.7. The van der Waals surface area contributed by atoms with E-state index in [0.29, 0.717) is 25.7 Å². The summed E-state index contributed by atoms with van der Waals surface area (Å²) in [6, 6.07) is 0. The average molecular weight is 1480 g/mol. The molecule has 0 radical (unpaired) electrons. The van der Waals surface area contributed by atoms with E-state index in [0.717, 1.165) is 120 Å². The molecule has 0 aliphatic heterocycles. The summed E-state index contributed by atoms with van der Waals surface area (Å²) in [4.78, 5) is 73.0. The fourth-order valence-electron chi connectivity index (χ4n) is 12.5. The Labute approximate surface area is 619 Å². The van der Waals surface area contributed by atoms with E-state index < -0.39 is 97.5 Å². The van der Waals surface area contributed by atoms with Gasteiger partial charge in [0.15, 0.2) is 12.2 Å². The van der Waals surface area contributed by atoms with Crippen molar-refractivity contribution in [3.63, 3.8) is 0 Å². The van der Waals surface area contributed by atoms with Gasteiger partial charge in [-0.05, 0) is 49.4 Å². The zero-order valence-electron chi connectivity index (χ0n) is 66.5. The lowest BCUT2D eigenvalue weighted by Gasteiger charge is -2.21. The molecule has 0 fully saturated rings. The number of phosphoric acid groups is 2. The molecule has 17 nitrogen and oxygen atoms in total. The molecular weight excluding hydrogens is 1320 g/mol. The van der Waals surface area contributed by atoms with Crippen LogP contribution in [-0.4, -0.2) is 96.7 Å². The number of carbonyl (C=O) groups excluding carboxylic acids is 4. The van der Waals surface area contributed by atoms with Crippen LogP contribution in [0.2, 0.25) is 0 Å². The molecule has 0 spiro atoms. The Bertz CT molecular complexity index is 1980. The van der Waals surface area contributed by atoms with E-state index in [4.69, 9.17) is 37.0 Å². The first kappa shape index (κ1) is 99.1. The number of esters is 4. The van der Waals surface area contributed by atoms with Gasteiger partial charge in [-0.2, -0.15) is 0 Å². The molecule has 101 heavy (non-hydrogen) atoms. The smallest absolute Gasteiger partial charge is 0.462 e. The van der Waals surface area contributed by atoms with E-state index in [1.54, 1.807) is 0 Å². The third-order valence-corrected chi connectivity index (χ3v) is 22.1. The van der Waals surface area contributed by atoms with Crippen molar-refractivity contribution >= 4 is 39.5 Å². The molecule has 8 atom stereocenters. The van der Waals surface area contributed by atoms with Crippen molar-refractivity contribution in [2.75, 3.05) is 39.6 Å². The quantitative estimate of drug-likeness (QED) is 0.0222. The maximum Gasteiger partial charge on any atom is 0.472 e. The summed E-state index contributed by atoms with van der Waals surface area (Å²) in [6.07, 6.45) is 58.3. The summed E-state index contributed by atoms with van der Waals surface area (Å²) in [6.45, 7) is 14.3. The Morgan fingerprint density at radius 2 is 0.475 bits per heavy atom. The highest BCUT2D eigenvalue weighted by molar-refractivity contribution is 7.47. The first-order valence-electron chi connectivity index (χ1n) is 42.3. The fraction of sp³-hybridized carbons (Fsp3) is 0.951. The minimum absolute atomic E-state index is 0.105. The summed E-state index contributed by atoms with van der Waals surface area (Å²) in [5.74, 6) is 1.07. The second-order valence-electron chi connectivity index (χ2n) is 30.7. The molecular formula is C82H160O17P2. The second kappa shape index (κ2) is 71.0. The van der Waals surface area contributed by atoms with Gasteiger partial charge in [-0.15, -0.1) is 0 Å². The molecule has 0 rings (SSSR count). The van der Waals surface area contributed by atoms with E-state index in [-0.39, 0.29) is 25.7 Å². The Hall–Kier alpha value is -1.94. The summed E-state index contributed by atoms with van der Waals surface area (Å²) in [5.41, 5.74) is 0. The van der Waals surface area contributed by atoms with Crippen LogP contribution in [0, 0.1) is 23.7 Å². The average Bonchev–Trinajstić information content (AvgIpc) is 0.958. The Morgan fingerprint density at radius 3 is 0.703 bits per heavy atom. The van der Waals surface area contributed by atoms with Crippen LogP contribution >= 0.6 is 15.6 Å². The largest absolute Gasteiger partial charge is 0.472 e. The second-order valence-corrected chi connectivity index (χ2v) is 33.6. The predicted octanol–water partition coefficient (Wildman–Crippen LogP) is 24.4. The van der Waals surface area contributed by atoms with Gasteiger partial charge in [0.05, 0.1) is 26.4 Å². The number of aliphatic hydroxyl groups excluding tert-OH is 1. The van der Waals surface area contributed by atoms with Crippen LogP contribution in [0.1, 0.15) is 421 Å². The highest BCUT2D eigenvalue weighted by atomic mass is 31.2. The van der Waals surface area contributed by atoms with Crippen molar-refractivity contribution < 1.29 is 80.2 Å². The number of aliphatic hydroxyl groups is 1. The molecule has 0 saturated carbocycles. The molecule has 0 aromatic carbocycles. The number of rotatable bonds is 79. The molecule has 600 valence electrons. The van der Waals surface area contributed by atoms with Crippen LogP contribution in [0.3, 0.4) is 0 Å². The highest BCUT2D eigenvalue weighted by Gasteiger charge is 2.30. The molecule has 0 aromatic heterocycles. The Morgan fingerprint density at radius 1 is 0.277 bits per heavy atom. The van der Waals surface area contributed by atoms with Gasteiger partial charge >= 0.3 is 39.5 Å². The van der Waals surface area contributed by atoms with Crippen molar-refractivity contribution in [2.24, 2.45) is 23.7 Å². The maximum atomic E-state index is 13.1. The number of phosphoric ester groups is 2. The number of carbonyl (C=O) groups is 4. The minimum atomic E-state index is -4.96. The van der Waals surface area contributed by atoms with Crippen molar-refractivity contribution in [3.05, 3.63) is 0 Å². The number of unbranched alkanes of at least 4 members (excludes halogenated alkanes) is 42. The summed E-state index contributed by atoms with van der Waals surface area (Å²) in [7, 11) is -9.92. The molecule has 3 N–H and O–H groups in total. The number of ether oxygens (including phenoxy) is 4. The number of hydrogen-bond donors (Lipinski definition) is 3. The third kappa shape index (κ3) is 72.1. The van der Waals surface area contributed by atoms with Gasteiger partial charge in [0.25, 0.3) is 0 Å². The van der Waals surface area contributed by atoms with Crippen LogP contribution in [0.25, 0.3) is 0 Å². The molecule has 0 heterocycles. The van der Waals surface area contributed by atoms with E-state index in [9.17, 15) is 43.2 Å². The highest BCUT2D eigenvalue weighted by Crippen LogP contribution is 2.45. The van der Waals surface area contributed by atoms with Gasteiger partial charge in [0, 0.05) is 25.7 Å². The molecule has 0 aliphatic rings. The summed E-state index contributed by atoms with van der Waals surface area (Å²) >= 11 is 0. The molecule has 0 aliphatic carbocycles. The SMILES string of the molecule is CCC(C)CCCCCCCCCCCCCCCCCCCCC(=O)OC[C@H](COP(=O)(O)OC[C@@H](O)COP(=O)(O)OC[C@@H](COC(=O)CCCCCCCCC(C)CC)OC(=O)CCCCCCCCCCCCC(C)CC)OC(=O)CCCCCCCCCCCCCCC(C)C. The molecule has 5 unspecified atom stereocenters. The third-order valence-electron chi connectivity index (χ3n) is 20.2. The van der Waals surface area contributed by atoms with Crippen LogP contribution in [0.15, 0.2) is 0 Å². The zero-order valence-corrected chi connectivity index (χ0v) is 68.3. The van der Waals surface area contributed by atoms with Crippen molar-refractivity contribution in [1.29, 1.82) is 0 Å². The van der Waals surface area contributed by atoms with E-state index in [1.807, 2.05) is 0 Å². The van der Waals surface area contributed by atoms with E-state index in [2.05, 4.69) is 55.4 Å². The predicted molar refractivity (Wildman–Crippen MR) is 414 cm³/mol. The topological polar surface area (TPSA) is 237 Å². The van der Waals surface area contributed by atoms with Crippen LogP contribution in [-0.2, 0) is 65.4 Å². The first-order valence-corrected chi connectivity index (χ1v) is 45.3. The molecule has 0 amide bonds. The molecule has 19 heteroatoms. The van der Waals surface area contributed by atoms with E-state index in [1.165, 1.54) is 218 Å². The fourth-order valence-corrected chi connectivity index (χ4v) is 14.1. The Kier molecular flexibility index (Phi) is 69.6. The van der Waals surface area contributed by atoms with Crippen molar-refractivity contribution in [1.82, 2.24) is 0 Å². The van der Waals surface area contributed by atoms with Crippen molar-refractivity contribution in [2.45, 2.75) is 440 Å². The van der Waals surface area contributed by atoms with Crippen LogP contribution in [0.4, 0.5) is 0 Å². The molecule has 0 bridgehead atoms. The lowest BCUT2D eigenvalue weighted by molar-refractivity contribution is -0.161. The Balaban J connectivity index is 5.21. The van der Waals surface area contributed by atoms with Crippen LogP contribution in [0.5, 0.6) is 0 Å². The zero-order chi connectivity index (χ0) is 74.6. The van der Waals surface area contributed by atoms with Gasteiger partial charge in [-0.25, -0.2) is 9.13 Å². The number of hydrogen-bond acceptors (Lipinski definition) is 15. The van der Waals surface area contributed by atoms with Gasteiger partial charge < -0.3 is 33.8 Å². The summed E-state index contributed by atoms with van der Waals surface area (Å²) in [5, 5.41) is 10.6. The maximum absolute atomic E-state index is 13.1. The standard InChI is InChI=1S/C82H160O17P2/c1-9-73(6)59-51-43-35-29-23-18-16-14-12-13-15-17-19-24-31-37-46-54-62-79(84)92-68-77(98-81(86)64-56-48-38-32-25-21-20-22-28-34-42-50-58-72(4)5)70-96-100(88,89)94-66-76(83)67-95-101(90,91)97-71-78(69-93-80(85)63-55-47-41-40-45-53-61-75(8)11-3)99-82(87)65-57-49-39-33-27-26-30-36-44-52-60-74(7)10-2/h72-78,83H,9-71H2,1-8H3,(H,88,89)(H,90,91)/t73?,74?,75?,76-,77-,78-/m1/s1. The molecule has 0 saturated heterocycles. The minimum Gasteiger partial charge on any atom is -0.462 e. The van der Waals surface area contributed by atoms with Crippen LogP contribution < -0.4 is 0 Å².